The molecular formula is C22H14BrClF3N3O2. The van der Waals surface area contributed by atoms with Crippen LogP contribution in [0.25, 0.3) is 11.3 Å². The van der Waals surface area contributed by atoms with Crippen LogP contribution in [0.1, 0.15) is 33.6 Å². The van der Waals surface area contributed by atoms with Crippen molar-refractivity contribution in [2.75, 3.05) is 7.11 Å². The summed E-state index contributed by atoms with van der Waals surface area (Å²) in [6, 6.07) is 11.9. The fourth-order valence-corrected chi connectivity index (χ4v) is 3.61. The summed E-state index contributed by atoms with van der Waals surface area (Å²) in [5.41, 5.74) is 0.548. The number of nitriles is 1. The van der Waals surface area contributed by atoms with E-state index in [9.17, 15) is 23.2 Å². The van der Waals surface area contributed by atoms with E-state index in [1.54, 1.807) is 24.3 Å². The molecule has 0 saturated heterocycles. The molecule has 0 atom stereocenters. The number of hydrogen-bond acceptors (Lipinski definition) is 4. The molecule has 5 nitrogen and oxygen atoms in total. The number of aromatic nitrogens is 1. The average Bonchev–Trinajstić information content (AvgIpc) is 2.79. The molecule has 1 heterocycles. The van der Waals surface area contributed by atoms with Gasteiger partial charge in [-0.2, -0.15) is 5.26 Å². The fourth-order valence-electron chi connectivity index (χ4n) is 2.92. The van der Waals surface area contributed by atoms with Crippen molar-refractivity contribution in [3.05, 3.63) is 80.2 Å². The van der Waals surface area contributed by atoms with Crippen LogP contribution in [-0.2, 0) is 6.54 Å². The molecule has 10 heteroatoms. The van der Waals surface area contributed by atoms with E-state index in [1.165, 1.54) is 19.2 Å². The van der Waals surface area contributed by atoms with Crippen molar-refractivity contribution in [1.29, 1.82) is 5.26 Å². The zero-order valence-corrected chi connectivity index (χ0v) is 18.8. The minimum atomic E-state index is -2.89. The van der Waals surface area contributed by atoms with Crippen molar-refractivity contribution < 1.29 is 22.7 Å². The maximum Gasteiger partial charge on any atom is 0.281 e. The van der Waals surface area contributed by atoms with Gasteiger partial charge in [-0.15, -0.1) is 0 Å². The summed E-state index contributed by atoms with van der Waals surface area (Å²) in [6.45, 7) is 0.112. The second-order valence-corrected chi connectivity index (χ2v) is 7.66. The Hall–Kier alpha value is -3.09. The van der Waals surface area contributed by atoms with Crippen LogP contribution < -0.4 is 10.1 Å². The zero-order valence-electron chi connectivity index (χ0n) is 16.4. The average molecular weight is 525 g/mol. The Labute approximate surface area is 194 Å². The van der Waals surface area contributed by atoms with E-state index >= 15 is 0 Å². The molecule has 0 radical (unpaired) electrons. The number of pyridine rings is 1. The summed E-state index contributed by atoms with van der Waals surface area (Å²) in [6.07, 6.45) is -2.89. The first kappa shape index (κ1) is 23.6. The third kappa shape index (κ3) is 4.87. The van der Waals surface area contributed by atoms with Gasteiger partial charge in [0.1, 0.15) is 23.3 Å². The van der Waals surface area contributed by atoms with Crippen molar-refractivity contribution in [1.82, 2.24) is 10.3 Å². The van der Waals surface area contributed by atoms with Crippen LogP contribution in [0, 0.1) is 17.1 Å². The van der Waals surface area contributed by atoms with E-state index in [4.69, 9.17) is 16.3 Å². The standard InChI is InChI=1S/C22H14BrClF3N3O2/c1-32-16-7-6-13(25)8-14(16)22(31)29-10-11-2-4-12(5-3-11)19-15(9-28)18(24)17(23)20(30-19)21(26)27/h2-8,21H,10H2,1H3,(H,29,31). The lowest BCUT2D eigenvalue weighted by molar-refractivity contribution is 0.0947. The number of nitrogens with zero attached hydrogens (tertiary/aromatic N) is 2. The summed E-state index contributed by atoms with van der Waals surface area (Å²) in [5.74, 6) is -0.867. The molecular weight excluding hydrogens is 511 g/mol. The van der Waals surface area contributed by atoms with E-state index in [0.29, 0.717) is 11.1 Å². The highest BCUT2D eigenvalue weighted by atomic mass is 79.9. The number of carbonyl (C=O) groups is 1. The lowest BCUT2D eigenvalue weighted by Gasteiger charge is -2.12. The van der Waals surface area contributed by atoms with Gasteiger partial charge in [0.15, 0.2) is 0 Å². The maximum atomic E-state index is 13.5. The van der Waals surface area contributed by atoms with Crippen molar-refractivity contribution in [3.8, 4) is 23.1 Å². The van der Waals surface area contributed by atoms with Gasteiger partial charge < -0.3 is 10.1 Å². The van der Waals surface area contributed by atoms with Crippen molar-refractivity contribution in [2.45, 2.75) is 13.0 Å². The highest BCUT2D eigenvalue weighted by Crippen LogP contribution is 2.38. The van der Waals surface area contributed by atoms with E-state index in [2.05, 4.69) is 26.2 Å². The van der Waals surface area contributed by atoms with Gasteiger partial charge >= 0.3 is 0 Å². The lowest BCUT2D eigenvalue weighted by atomic mass is 10.0. The Morgan fingerprint density at radius 2 is 1.97 bits per heavy atom. The number of alkyl halides is 2. The van der Waals surface area contributed by atoms with Crippen LogP contribution in [0.4, 0.5) is 13.2 Å². The Morgan fingerprint density at radius 3 is 2.56 bits per heavy atom. The Morgan fingerprint density at radius 1 is 1.28 bits per heavy atom. The molecule has 0 aliphatic carbocycles. The van der Waals surface area contributed by atoms with Crippen LogP contribution in [0.3, 0.4) is 0 Å². The molecule has 0 fully saturated rings. The highest BCUT2D eigenvalue weighted by Gasteiger charge is 2.23. The van der Waals surface area contributed by atoms with Crippen molar-refractivity contribution in [2.24, 2.45) is 0 Å². The van der Waals surface area contributed by atoms with Crippen molar-refractivity contribution in [3.63, 3.8) is 0 Å². The zero-order chi connectivity index (χ0) is 23.4. The molecule has 3 rings (SSSR count). The maximum absolute atomic E-state index is 13.5. The molecule has 0 bridgehead atoms. The van der Waals surface area contributed by atoms with E-state index < -0.39 is 23.8 Å². The highest BCUT2D eigenvalue weighted by molar-refractivity contribution is 9.10. The van der Waals surface area contributed by atoms with Gasteiger partial charge in [-0.25, -0.2) is 18.2 Å². The van der Waals surface area contributed by atoms with Gasteiger partial charge in [0.25, 0.3) is 12.3 Å². The molecule has 3 aromatic rings. The Kier molecular flexibility index (Phi) is 7.38. The first-order valence-corrected chi connectivity index (χ1v) is 10.2. The summed E-state index contributed by atoms with van der Waals surface area (Å²) in [5, 5.41) is 11.9. The van der Waals surface area contributed by atoms with Crippen LogP contribution in [0.5, 0.6) is 5.75 Å². The third-order valence-electron chi connectivity index (χ3n) is 4.51. The number of hydrogen-bond donors (Lipinski definition) is 1. The molecule has 1 amide bonds. The summed E-state index contributed by atoms with van der Waals surface area (Å²) >= 11 is 9.04. The van der Waals surface area contributed by atoms with Crippen LogP contribution in [-0.4, -0.2) is 18.0 Å². The van der Waals surface area contributed by atoms with Crippen LogP contribution in [0.15, 0.2) is 46.9 Å². The predicted octanol–water partition coefficient (Wildman–Crippen LogP) is 6.05. The van der Waals surface area contributed by atoms with Gasteiger partial charge in [-0.3, -0.25) is 4.79 Å². The number of ether oxygens (including phenoxy) is 1. The number of rotatable bonds is 6. The number of carbonyl (C=O) groups excluding carboxylic acids is 1. The molecule has 2 aromatic carbocycles. The number of methoxy groups -OCH3 is 1. The number of benzene rings is 2. The minimum Gasteiger partial charge on any atom is -0.496 e. The predicted molar refractivity (Wildman–Crippen MR) is 116 cm³/mol. The summed E-state index contributed by atoms with van der Waals surface area (Å²) in [7, 11) is 1.38. The number of nitrogens with one attached hydrogen (secondary N) is 1. The largest absolute Gasteiger partial charge is 0.496 e. The van der Waals surface area contributed by atoms with Crippen LogP contribution >= 0.6 is 27.5 Å². The molecule has 0 unspecified atom stereocenters. The van der Waals surface area contributed by atoms with Gasteiger partial charge in [-0.1, -0.05) is 35.9 Å². The summed E-state index contributed by atoms with van der Waals surface area (Å²) < 4.78 is 45.0. The lowest BCUT2D eigenvalue weighted by Crippen LogP contribution is -2.23. The second-order valence-electron chi connectivity index (χ2n) is 6.49. The fraction of sp³-hybridized carbons (Fsp3) is 0.136. The molecule has 164 valence electrons. The molecule has 0 aliphatic rings. The molecule has 0 aliphatic heterocycles. The monoisotopic (exact) mass is 523 g/mol. The molecule has 32 heavy (non-hydrogen) atoms. The number of amides is 1. The van der Waals surface area contributed by atoms with E-state index in [-0.39, 0.29) is 38.6 Å². The minimum absolute atomic E-state index is 0.0242. The first-order valence-electron chi connectivity index (χ1n) is 9.05. The normalized spacial score (nSPS) is 10.7. The first-order chi connectivity index (χ1) is 15.3. The summed E-state index contributed by atoms with van der Waals surface area (Å²) in [4.78, 5) is 16.3. The van der Waals surface area contributed by atoms with E-state index in [0.717, 1.165) is 6.07 Å². The quantitative estimate of drug-likeness (QED) is 0.426. The third-order valence-corrected chi connectivity index (χ3v) is 5.92. The Bertz CT molecular complexity index is 1210. The van der Waals surface area contributed by atoms with Gasteiger partial charge in [-0.05, 0) is 39.7 Å². The SMILES string of the molecule is COc1ccc(F)cc1C(=O)NCc1ccc(-c2nc(C(F)F)c(Br)c(Cl)c2C#N)cc1. The van der Waals surface area contributed by atoms with Gasteiger partial charge in [0.05, 0.1) is 33.4 Å². The topological polar surface area (TPSA) is 75.0 Å². The second kappa shape index (κ2) is 10.0. The van der Waals surface area contributed by atoms with Crippen molar-refractivity contribution >= 4 is 33.4 Å². The molecule has 0 saturated carbocycles. The smallest absolute Gasteiger partial charge is 0.281 e. The van der Waals surface area contributed by atoms with E-state index in [1.807, 2.05) is 6.07 Å². The molecule has 1 N–H and O–H groups in total. The molecule has 1 aromatic heterocycles. The van der Waals surface area contributed by atoms with Gasteiger partial charge in [0, 0.05) is 12.1 Å². The van der Waals surface area contributed by atoms with Crippen LogP contribution in [0.2, 0.25) is 5.02 Å². The van der Waals surface area contributed by atoms with Gasteiger partial charge in [0.2, 0.25) is 0 Å². The number of halogens is 5. The Balaban J connectivity index is 1.83. The molecule has 0 spiro atoms.